The molecule has 0 aromatic carbocycles. The molecule has 1 rings (SSSR count). The number of rotatable bonds is 27. The zero-order valence-corrected chi connectivity index (χ0v) is 24.6. The van der Waals surface area contributed by atoms with Crippen LogP contribution in [0.2, 0.25) is 0 Å². The fourth-order valence-corrected chi connectivity index (χ4v) is 5.56. The van der Waals surface area contributed by atoms with Gasteiger partial charge in [0.1, 0.15) is 12.4 Å². The highest BCUT2D eigenvalue weighted by atomic mass is 15.1. The first-order valence-corrected chi connectivity index (χ1v) is 16.4. The topological polar surface area (TPSA) is 8.81 Å². The molecule has 0 radical (unpaired) electrons. The van der Waals surface area contributed by atoms with Crippen molar-refractivity contribution in [1.82, 2.24) is 4.57 Å². The molecule has 2 heteroatoms. The van der Waals surface area contributed by atoms with Crippen molar-refractivity contribution in [2.75, 3.05) is 0 Å². The lowest BCUT2D eigenvalue weighted by atomic mass is 10.0. The van der Waals surface area contributed by atoms with Crippen molar-refractivity contribution in [2.24, 2.45) is 0 Å². The summed E-state index contributed by atoms with van der Waals surface area (Å²) in [5.41, 5.74) is 0. The second-order valence-electron chi connectivity index (χ2n) is 11.2. The van der Waals surface area contributed by atoms with E-state index >= 15 is 0 Å². The average molecular weight is 490 g/mol. The van der Waals surface area contributed by atoms with Crippen LogP contribution in [-0.4, -0.2) is 4.57 Å². The molecule has 0 fully saturated rings. The molecule has 0 aliphatic heterocycles. The average Bonchev–Trinajstić information content (AvgIpc) is 3.26. The number of hydrogen-bond donors (Lipinski definition) is 0. The maximum atomic E-state index is 2.54. The Kier molecular flexibility index (Phi) is 22.9. The van der Waals surface area contributed by atoms with E-state index < -0.39 is 0 Å². The summed E-state index contributed by atoms with van der Waals surface area (Å²) in [5.74, 6) is 1.54. The van der Waals surface area contributed by atoms with E-state index in [1.807, 2.05) is 0 Å². The molecule has 2 nitrogen and oxygen atoms in total. The van der Waals surface area contributed by atoms with Gasteiger partial charge in [-0.3, -0.25) is 0 Å². The van der Waals surface area contributed by atoms with Gasteiger partial charge in [-0.25, -0.2) is 9.13 Å². The SMILES string of the molecule is CCCCCCCCCCCCCCCCCC[n+]1ccn(CCCCCCCCCC)c1CC. The number of aryl methyl sites for hydroxylation is 2. The van der Waals surface area contributed by atoms with E-state index in [0.29, 0.717) is 0 Å². The number of nitrogens with zero attached hydrogens (tertiary/aromatic N) is 2. The standard InChI is InChI=1S/C33H65N2/c1-4-7-9-11-13-15-16-17-18-19-20-21-22-24-26-28-30-35-32-31-34(33(35)6-3)29-27-25-23-14-12-10-8-5-2/h31-32H,4-30H2,1-3H3/q+1. The third-order valence-corrected chi connectivity index (χ3v) is 7.91. The molecule has 0 amide bonds. The number of hydrogen-bond acceptors (Lipinski definition) is 0. The van der Waals surface area contributed by atoms with Gasteiger partial charge in [0.25, 0.3) is 5.82 Å². The molecule has 0 saturated heterocycles. The number of aromatic nitrogens is 2. The first-order chi connectivity index (χ1) is 17.3. The summed E-state index contributed by atoms with van der Waals surface area (Å²) >= 11 is 0. The number of unbranched alkanes of at least 4 members (excludes halogenated alkanes) is 22. The second-order valence-corrected chi connectivity index (χ2v) is 11.2. The van der Waals surface area contributed by atoms with E-state index in [4.69, 9.17) is 0 Å². The van der Waals surface area contributed by atoms with Crippen LogP contribution >= 0.6 is 0 Å². The Morgan fingerprint density at radius 1 is 0.486 bits per heavy atom. The molecule has 206 valence electrons. The van der Waals surface area contributed by atoms with Crippen LogP contribution in [0.3, 0.4) is 0 Å². The van der Waals surface area contributed by atoms with Crippen LogP contribution in [0.5, 0.6) is 0 Å². The summed E-state index contributed by atoms with van der Waals surface area (Å²) < 4.78 is 5.07. The minimum absolute atomic E-state index is 1.16. The largest absolute Gasteiger partial charge is 0.256 e. The Bertz CT molecular complexity index is 547. The van der Waals surface area contributed by atoms with Crippen molar-refractivity contribution in [3.63, 3.8) is 0 Å². The Hall–Kier alpha value is -0.790. The predicted octanol–water partition coefficient (Wildman–Crippen LogP) is 10.7. The van der Waals surface area contributed by atoms with Gasteiger partial charge in [-0.05, 0) is 25.7 Å². The minimum Gasteiger partial charge on any atom is -0.234 e. The van der Waals surface area contributed by atoms with Crippen molar-refractivity contribution in [2.45, 2.75) is 194 Å². The van der Waals surface area contributed by atoms with Crippen molar-refractivity contribution in [1.29, 1.82) is 0 Å². The lowest BCUT2D eigenvalue weighted by Gasteiger charge is -2.05. The Balaban J connectivity index is 1.96. The lowest BCUT2D eigenvalue weighted by molar-refractivity contribution is -0.704. The number of imidazole rings is 1. The van der Waals surface area contributed by atoms with Crippen LogP contribution in [0.4, 0.5) is 0 Å². The minimum atomic E-state index is 1.16. The van der Waals surface area contributed by atoms with Crippen LogP contribution in [0, 0.1) is 0 Å². The summed E-state index contributed by atoms with van der Waals surface area (Å²) in [6, 6.07) is 0. The van der Waals surface area contributed by atoms with Gasteiger partial charge < -0.3 is 0 Å². The van der Waals surface area contributed by atoms with E-state index in [9.17, 15) is 0 Å². The summed E-state index contributed by atoms with van der Waals surface area (Å²) in [5, 5.41) is 0. The first kappa shape index (κ1) is 32.2. The van der Waals surface area contributed by atoms with Crippen molar-refractivity contribution in [3.8, 4) is 0 Å². The van der Waals surface area contributed by atoms with Crippen LogP contribution in [0.1, 0.15) is 181 Å². The molecule has 35 heavy (non-hydrogen) atoms. The molecule has 0 aliphatic carbocycles. The van der Waals surface area contributed by atoms with Crippen LogP contribution in [0.25, 0.3) is 0 Å². The smallest absolute Gasteiger partial charge is 0.234 e. The van der Waals surface area contributed by atoms with Gasteiger partial charge in [-0.15, -0.1) is 0 Å². The molecule has 1 aromatic heterocycles. The van der Waals surface area contributed by atoms with Gasteiger partial charge in [0.15, 0.2) is 0 Å². The van der Waals surface area contributed by atoms with Crippen molar-refractivity contribution < 1.29 is 4.57 Å². The second kappa shape index (κ2) is 24.9. The predicted molar refractivity (Wildman–Crippen MR) is 156 cm³/mol. The highest BCUT2D eigenvalue weighted by Gasteiger charge is 2.14. The van der Waals surface area contributed by atoms with Crippen LogP contribution < -0.4 is 4.57 Å². The van der Waals surface area contributed by atoms with E-state index in [1.54, 1.807) is 0 Å². The van der Waals surface area contributed by atoms with Gasteiger partial charge in [0, 0.05) is 6.42 Å². The zero-order valence-electron chi connectivity index (χ0n) is 24.6. The van der Waals surface area contributed by atoms with Crippen molar-refractivity contribution >= 4 is 0 Å². The molecule has 0 unspecified atom stereocenters. The van der Waals surface area contributed by atoms with Gasteiger partial charge >= 0.3 is 0 Å². The summed E-state index contributed by atoms with van der Waals surface area (Å²) in [7, 11) is 0. The zero-order chi connectivity index (χ0) is 25.2. The molecular formula is C33H65N2+. The summed E-state index contributed by atoms with van der Waals surface area (Å²) in [6.45, 7) is 9.35. The molecular weight excluding hydrogens is 424 g/mol. The van der Waals surface area contributed by atoms with Gasteiger partial charge in [-0.1, -0.05) is 149 Å². The Morgan fingerprint density at radius 2 is 0.857 bits per heavy atom. The quantitative estimate of drug-likeness (QED) is 0.0858. The highest BCUT2D eigenvalue weighted by molar-refractivity contribution is 4.83. The van der Waals surface area contributed by atoms with Gasteiger partial charge in [0.05, 0.1) is 13.1 Å². The fraction of sp³-hybridized carbons (Fsp3) is 0.909. The maximum Gasteiger partial charge on any atom is 0.256 e. The molecule has 0 atom stereocenters. The Labute approximate surface area is 221 Å². The van der Waals surface area contributed by atoms with Crippen molar-refractivity contribution in [3.05, 3.63) is 18.2 Å². The normalized spacial score (nSPS) is 11.5. The van der Waals surface area contributed by atoms with E-state index in [2.05, 4.69) is 42.3 Å². The van der Waals surface area contributed by atoms with Gasteiger partial charge in [0.2, 0.25) is 0 Å². The summed E-state index contributed by atoms with van der Waals surface area (Å²) in [4.78, 5) is 0. The molecule has 0 bridgehead atoms. The molecule has 1 heterocycles. The van der Waals surface area contributed by atoms with E-state index in [0.717, 1.165) is 6.42 Å². The molecule has 0 aliphatic rings. The van der Waals surface area contributed by atoms with E-state index in [-0.39, 0.29) is 0 Å². The lowest BCUT2D eigenvalue weighted by Crippen LogP contribution is -2.37. The summed E-state index contributed by atoms with van der Waals surface area (Å²) in [6.07, 6.45) is 40.2. The molecule has 0 saturated carbocycles. The molecule has 0 N–H and O–H groups in total. The molecule has 1 aromatic rings. The van der Waals surface area contributed by atoms with Gasteiger partial charge in [-0.2, -0.15) is 0 Å². The van der Waals surface area contributed by atoms with Crippen LogP contribution in [-0.2, 0) is 19.5 Å². The van der Waals surface area contributed by atoms with E-state index in [1.165, 1.54) is 173 Å². The monoisotopic (exact) mass is 490 g/mol. The Morgan fingerprint density at radius 3 is 1.26 bits per heavy atom. The highest BCUT2D eigenvalue weighted by Crippen LogP contribution is 2.14. The fourth-order valence-electron chi connectivity index (χ4n) is 5.56. The molecule has 0 spiro atoms. The third-order valence-electron chi connectivity index (χ3n) is 7.91. The maximum absolute atomic E-state index is 2.54. The van der Waals surface area contributed by atoms with Crippen LogP contribution in [0.15, 0.2) is 12.4 Å². The third kappa shape index (κ3) is 18.2. The first-order valence-electron chi connectivity index (χ1n) is 16.4.